The number of nitriles is 1. The smallest absolute Gasteiger partial charge is 0.246 e. The van der Waals surface area contributed by atoms with Gasteiger partial charge in [0.25, 0.3) is 0 Å². The highest BCUT2D eigenvalue weighted by Gasteiger charge is 2.52. The van der Waals surface area contributed by atoms with Gasteiger partial charge >= 0.3 is 0 Å². The van der Waals surface area contributed by atoms with E-state index in [-0.39, 0.29) is 36.1 Å². The number of carbonyl (C=O) groups excluding carboxylic acids is 1. The Labute approximate surface area is 254 Å². The van der Waals surface area contributed by atoms with Gasteiger partial charge in [-0.3, -0.25) is 20.3 Å². The Hall–Kier alpha value is -2.39. The van der Waals surface area contributed by atoms with Crippen LogP contribution < -0.4 is 20.3 Å². The molecule has 4 aliphatic heterocycles. The molecular formula is C31H44ClN7O3. The summed E-state index contributed by atoms with van der Waals surface area (Å²) < 4.78 is 13.3. The number of halogens is 1. The van der Waals surface area contributed by atoms with Crippen LogP contribution in [0, 0.1) is 17.2 Å². The van der Waals surface area contributed by atoms with Crippen molar-refractivity contribution in [3.63, 3.8) is 0 Å². The van der Waals surface area contributed by atoms with Gasteiger partial charge in [0.1, 0.15) is 11.4 Å². The number of anilines is 1. The van der Waals surface area contributed by atoms with Crippen LogP contribution in [0.2, 0.25) is 5.02 Å². The Morgan fingerprint density at radius 1 is 1.26 bits per heavy atom. The van der Waals surface area contributed by atoms with Gasteiger partial charge in [-0.25, -0.2) is 0 Å². The molecule has 228 valence electrons. The number of likely N-dealkylation sites (tertiary alicyclic amines) is 1. The molecule has 6 unspecified atom stereocenters. The monoisotopic (exact) mass is 597 g/mol. The first-order valence-electron chi connectivity index (χ1n) is 15.4. The number of amides is 1. The number of fused-ring (bicyclic) bond motifs is 2. The second-order valence-corrected chi connectivity index (χ2v) is 13.2. The molecule has 6 rings (SSSR count). The highest BCUT2D eigenvalue weighted by Crippen LogP contribution is 2.46. The Bertz CT molecular complexity index is 1210. The number of rotatable bonds is 6. The van der Waals surface area contributed by atoms with Crippen LogP contribution in [0.15, 0.2) is 30.9 Å². The molecular weight excluding hydrogens is 554 g/mol. The molecule has 4 fully saturated rings. The van der Waals surface area contributed by atoms with Gasteiger partial charge in [0, 0.05) is 62.2 Å². The number of nitrogens with zero attached hydrogens (tertiary/aromatic N) is 5. The highest BCUT2D eigenvalue weighted by molar-refractivity contribution is 6.30. The molecule has 1 spiro atoms. The fraction of sp³-hybridized carbons (Fsp3) is 0.677. The lowest BCUT2D eigenvalue weighted by Crippen LogP contribution is -2.73. The number of benzene rings is 1. The molecule has 10 nitrogen and oxygen atoms in total. The van der Waals surface area contributed by atoms with Gasteiger partial charge in [-0.05, 0) is 57.5 Å². The SMILES string of the molecule is C=CC(=O)N1CCN(C2NC(OCC3CCCN3C)NC3C[C@]4(CCC32)CN(C)c2ccc(Cl)cc2O4)CC1CC#N. The first-order valence-corrected chi connectivity index (χ1v) is 15.7. The third-order valence-corrected chi connectivity index (χ3v) is 10.4. The number of likely N-dealkylation sites (N-methyl/N-ethyl adjacent to an activating group) is 2. The van der Waals surface area contributed by atoms with Crippen LogP contribution in [0.5, 0.6) is 5.75 Å². The summed E-state index contributed by atoms with van der Waals surface area (Å²) in [7, 11) is 4.30. The van der Waals surface area contributed by atoms with Crippen molar-refractivity contribution >= 4 is 23.2 Å². The summed E-state index contributed by atoms with van der Waals surface area (Å²) >= 11 is 6.36. The molecule has 5 aliphatic rings. The minimum Gasteiger partial charge on any atom is -0.483 e. The predicted octanol–water partition coefficient (Wildman–Crippen LogP) is 2.60. The maximum Gasteiger partial charge on any atom is 0.246 e. The van der Waals surface area contributed by atoms with Crippen molar-refractivity contribution < 1.29 is 14.3 Å². The Morgan fingerprint density at radius 3 is 2.88 bits per heavy atom. The molecule has 1 aliphatic carbocycles. The van der Waals surface area contributed by atoms with E-state index in [1.807, 2.05) is 18.2 Å². The Morgan fingerprint density at radius 2 is 2.12 bits per heavy atom. The van der Waals surface area contributed by atoms with Crippen molar-refractivity contribution in [2.24, 2.45) is 5.92 Å². The minimum atomic E-state index is -0.322. The summed E-state index contributed by atoms with van der Waals surface area (Å²) in [6, 6.07) is 8.62. The Kier molecular flexibility index (Phi) is 8.70. The van der Waals surface area contributed by atoms with E-state index in [0.717, 1.165) is 56.8 Å². The molecule has 2 N–H and O–H groups in total. The summed E-state index contributed by atoms with van der Waals surface area (Å²) in [6.07, 6.45) is 6.53. The number of piperazine rings is 1. The van der Waals surface area contributed by atoms with Crippen LogP contribution in [0.1, 0.15) is 38.5 Å². The van der Waals surface area contributed by atoms with Gasteiger partial charge in [0.05, 0.1) is 43.5 Å². The summed E-state index contributed by atoms with van der Waals surface area (Å²) in [5.41, 5.74) is 0.748. The fourth-order valence-electron chi connectivity index (χ4n) is 7.96. The first-order chi connectivity index (χ1) is 20.3. The molecule has 0 bridgehead atoms. The average molecular weight is 598 g/mol. The van der Waals surface area contributed by atoms with Gasteiger partial charge in [-0.15, -0.1) is 0 Å². The van der Waals surface area contributed by atoms with E-state index in [1.54, 1.807) is 4.90 Å². The number of hydrogen-bond acceptors (Lipinski definition) is 9. The second kappa shape index (κ2) is 12.3. The quantitative estimate of drug-likeness (QED) is 0.480. The first kappa shape index (κ1) is 29.7. The molecule has 1 amide bonds. The van der Waals surface area contributed by atoms with E-state index in [9.17, 15) is 10.1 Å². The zero-order valence-electron chi connectivity index (χ0n) is 24.8. The normalized spacial score (nSPS) is 35.3. The largest absolute Gasteiger partial charge is 0.483 e. The number of ether oxygens (including phenoxy) is 2. The van der Waals surface area contributed by atoms with Gasteiger partial charge < -0.3 is 24.2 Å². The second-order valence-electron chi connectivity index (χ2n) is 12.8. The molecule has 1 aromatic rings. The third kappa shape index (κ3) is 5.88. The van der Waals surface area contributed by atoms with Crippen molar-refractivity contribution in [1.82, 2.24) is 25.3 Å². The van der Waals surface area contributed by atoms with Crippen molar-refractivity contribution in [3.05, 3.63) is 35.9 Å². The van der Waals surface area contributed by atoms with Crippen LogP contribution in [0.4, 0.5) is 5.69 Å². The molecule has 0 aromatic heterocycles. The average Bonchev–Trinajstić information content (AvgIpc) is 3.39. The van der Waals surface area contributed by atoms with Crippen LogP contribution in [0.3, 0.4) is 0 Å². The van der Waals surface area contributed by atoms with Crippen molar-refractivity contribution in [3.8, 4) is 11.8 Å². The molecule has 11 heteroatoms. The van der Waals surface area contributed by atoms with Crippen molar-refractivity contribution in [2.45, 2.75) is 74.8 Å². The van der Waals surface area contributed by atoms with Crippen LogP contribution in [-0.4, -0.2) is 110 Å². The molecule has 1 aromatic carbocycles. The molecule has 7 atom stereocenters. The van der Waals surface area contributed by atoms with Crippen molar-refractivity contribution in [1.29, 1.82) is 5.26 Å². The Balaban J connectivity index is 1.22. The molecule has 42 heavy (non-hydrogen) atoms. The van der Waals surface area contributed by atoms with Gasteiger partial charge in [0.2, 0.25) is 5.91 Å². The van der Waals surface area contributed by atoms with E-state index in [2.05, 4.69) is 52.1 Å². The summed E-state index contributed by atoms with van der Waals surface area (Å²) in [6.45, 7) is 8.22. The zero-order valence-corrected chi connectivity index (χ0v) is 25.6. The topological polar surface area (TPSA) is 96.3 Å². The number of hydrogen-bond donors (Lipinski definition) is 2. The van der Waals surface area contributed by atoms with E-state index < -0.39 is 0 Å². The fourth-order valence-corrected chi connectivity index (χ4v) is 8.12. The summed E-state index contributed by atoms with van der Waals surface area (Å²) in [5, 5.41) is 17.9. The predicted molar refractivity (Wildman–Crippen MR) is 162 cm³/mol. The van der Waals surface area contributed by atoms with Gasteiger partial charge in [0.15, 0.2) is 6.35 Å². The van der Waals surface area contributed by atoms with Crippen LogP contribution in [0.25, 0.3) is 0 Å². The summed E-state index contributed by atoms with van der Waals surface area (Å²) in [5.74, 6) is 1.06. The lowest BCUT2D eigenvalue weighted by molar-refractivity contribution is -0.139. The maximum atomic E-state index is 12.6. The summed E-state index contributed by atoms with van der Waals surface area (Å²) in [4.78, 5) is 21.5. The van der Waals surface area contributed by atoms with Gasteiger partial charge in [-0.1, -0.05) is 18.2 Å². The molecule has 0 radical (unpaired) electrons. The minimum absolute atomic E-state index is 0.0603. The van der Waals surface area contributed by atoms with Gasteiger partial charge in [-0.2, -0.15) is 5.26 Å². The van der Waals surface area contributed by atoms with E-state index >= 15 is 0 Å². The number of nitrogens with one attached hydrogen (secondary N) is 2. The number of carbonyl (C=O) groups is 1. The highest BCUT2D eigenvalue weighted by atomic mass is 35.5. The molecule has 4 heterocycles. The standard InChI is InChI=1S/C31H44ClN7O3/c1-4-28(40)39-15-14-38(18-22(39)10-12-33)29-24-9-11-31(20-37(3)26-8-7-21(32)16-27(26)42-31)17-25(24)34-30(35-29)41-19-23-6-5-13-36(23)2/h4,7-8,16,22-25,29-30,34-35H,1,5-6,9-11,13-15,17-20H2,2-3H3/t22?,23?,24?,25?,29?,30?,31-/m1/s1. The van der Waals surface area contributed by atoms with Crippen LogP contribution >= 0.6 is 11.6 Å². The van der Waals surface area contributed by atoms with Crippen molar-refractivity contribution in [2.75, 3.05) is 58.3 Å². The van der Waals surface area contributed by atoms with E-state index in [0.29, 0.717) is 43.1 Å². The lowest BCUT2D eigenvalue weighted by Gasteiger charge is -2.56. The molecule has 1 saturated carbocycles. The third-order valence-electron chi connectivity index (χ3n) is 10.1. The van der Waals surface area contributed by atoms with Crippen LogP contribution in [-0.2, 0) is 9.53 Å². The lowest BCUT2D eigenvalue weighted by atomic mass is 9.72. The zero-order chi connectivity index (χ0) is 29.4. The van der Waals surface area contributed by atoms with E-state index in [4.69, 9.17) is 21.1 Å². The van der Waals surface area contributed by atoms with E-state index in [1.165, 1.54) is 12.5 Å². The molecule has 3 saturated heterocycles. The maximum absolute atomic E-state index is 12.6.